The van der Waals surface area contributed by atoms with Gasteiger partial charge in [-0.15, -0.1) is 11.3 Å². The van der Waals surface area contributed by atoms with E-state index in [1.54, 1.807) is 37.9 Å². The lowest BCUT2D eigenvalue weighted by Gasteiger charge is -2.23. The Kier molecular flexibility index (Phi) is 7.04. The Hall–Kier alpha value is -3.17. The van der Waals surface area contributed by atoms with Crippen LogP contribution in [0.25, 0.3) is 6.08 Å². The molecule has 34 heavy (non-hydrogen) atoms. The molecule has 0 fully saturated rings. The van der Waals surface area contributed by atoms with Crippen molar-refractivity contribution in [2.45, 2.75) is 26.8 Å². The molecule has 1 aromatic carbocycles. The molecule has 0 aliphatic carbocycles. The van der Waals surface area contributed by atoms with Gasteiger partial charge in [-0.25, -0.2) is 9.79 Å². The lowest BCUT2D eigenvalue weighted by atomic mass is 10.0. The maximum Gasteiger partial charge on any atom is 0.338 e. The molecule has 0 saturated heterocycles. The summed E-state index contributed by atoms with van der Waals surface area (Å²) in [5, 5.41) is 1.93. The Bertz CT molecular complexity index is 1410. The zero-order valence-corrected chi connectivity index (χ0v) is 21.3. The minimum absolute atomic E-state index is 0.198. The molecule has 1 aliphatic rings. The molecular weight excluding hydrogens is 472 g/mol. The predicted molar refractivity (Wildman–Crippen MR) is 133 cm³/mol. The van der Waals surface area contributed by atoms with Gasteiger partial charge in [-0.05, 0) is 36.4 Å². The highest BCUT2D eigenvalue weighted by atomic mass is 32.1. The van der Waals surface area contributed by atoms with E-state index < -0.39 is 12.0 Å². The van der Waals surface area contributed by atoms with Crippen molar-refractivity contribution >= 4 is 34.7 Å². The Balaban J connectivity index is 1.89. The molecule has 0 saturated carbocycles. The van der Waals surface area contributed by atoms with Crippen molar-refractivity contribution in [2.24, 2.45) is 10.9 Å². The minimum Gasteiger partial charge on any atom is -0.493 e. The number of aromatic nitrogens is 1. The third-order valence-corrected chi connectivity index (χ3v) is 7.23. The highest BCUT2D eigenvalue weighted by molar-refractivity contribution is 7.10. The van der Waals surface area contributed by atoms with Crippen molar-refractivity contribution in [3.63, 3.8) is 0 Å². The van der Waals surface area contributed by atoms with Gasteiger partial charge in [0.2, 0.25) is 0 Å². The maximum absolute atomic E-state index is 13.7. The number of ether oxygens (including phenoxy) is 3. The number of thiazole rings is 1. The Morgan fingerprint density at radius 1 is 1.21 bits per heavy atom. The second-order valence-electron chi connectivity index (χ2n) is 8.17. The third-order valence-electron chi connectivity index (χ3n) is 5.32. The monoisotopic (exact) mass is 498 g/mol. The van der Waals surface area contributed by atoms with Gasteiger partial charge in [0.15, 0.2) is 16.3 Å². The summed E-state index contributed by atoms with van der Waals surface area (Å²) in [6.45, 7) is 6.04. The Morgan fingerprint density at radius 3 is 2.65 bits per heavy atom. The summed E-state index contributed by atoms with van der Waals surface area (Å²) in [7, 11) is 3.13. The van der Waals surface area contributed by atoms with Crippen LogP contribution in [0.3, 0.4) is 0 Å². The van der Waals surface area contributed by atoms with Crippen LogP contribution in [0.5, 0.6) is 11.5 Å². The van der Waals surface area contributed by atoms with E-state index >= 15 is 0 Å². The number of carbonyl (C=O) groups is 1. The van der Waals surface area contributed by atoms with Crippen LogP contribution in [0.2, 0.25) is 0 Å². The number of methoxy groups -OCH3 is 2. The zero-order valence-electron chi connectivity index (χ0n) is 19.7. The highest BCUT2D eigenvalue weighted by Crippen LogP contribution is 2.34. The number of nitrogens with zero attached hydrogens (tertiary/aromatic N) is 2. The molecule has 0 N–H and O–H groups in total. The molecule has 0 bridgehead atoms. The first-order valence-electron chi connectivity index (χ1n) is 10.8. The van der Waals surface area contributed by atoms with Crippen LogP contribution in [0.15, 0.2) is 56.8 Å². The summed E-state index contributed by atoms with van der Waals surface area (Å²) in [5.41, 5.74) is 1.43. The van der Waals surface area contributed by atoms with Gasteiger partial charge in [0.1, 0.15) is 6.04 Å². The van der Waals surface area contributed by atoms with Gasteiger partial charge in [-0.2, -0.15) is 0 Å². The number of hydrogen-bond donors (Lipinski definition) is 0. The molecule has 0 radical (unpaired) electrons. The first-order valence-corrected chi connectivity index (χ1v) is 12.5. The lowest BCUT2D eigenvalue weighted by Crippen LogP contribution is -2.39. The van der Waals surface area contributed by atoms with E-state index in [4.69, 9.17) is 14.2 Å². The standard InChI is InChI=1S/C25H26N2O5S2/c1-14(2)13-32-24(29)20-15(3)26-25-27(21(20)18-10-7-11-33-18)23(28)19(34-25)12-16-8-6-9-17(30-4)22(16)31-5/h6-12,14,21H,13H2,1-5H3/b19-12+/t21-/m0/s1. The topological polar surface area (TPSA) is 79.1 Å². The summed E-state index contributed by atoms with van der Waals surface area (Å²) in [6, 6.07) is 8.73. The number of fused-ring (bicyclic) bond motifs is 1. The molecule has 1 atom stereocenters. The van der Waals surface area contributed by atoms with Crippen molar-refractivity contribution < 1.29 is 19.0 Å². The van der Waals surface area contributed by atoms with Gasteiger partial charge in [0, 0.05) is 10.4 Å². The molecule has 2 aromatic heterocycles. The number of hydrogen-bond acceptors (Lipinski definition) is 8. The smallest absolute Gasteiger partial charge is 0.338 e. The molecule has 0 amide bonds. The number of esters is 1. The van der Waals surface area contributed by atoms with E-state index in [0.29, 0.717) is 44.3 Å². The average molecular weight is 499 g/mol. The quantitative estimate of drug-likeness (QED) is 0.466. The first-order chi connectivity index (χ1) is 16.3. The number of benzene rings is 1. The van der Waals surface area contributed by atoms with Crippen molar-refractivity contribution in [2.75, 3.05) is 20.8 Å². The molecule has 7 nitrogen and oxygen atoms in total. The minimum atomic E-state index is -0.592. The predicted octanol–water partition coefficient (Wildman–Crippen LogP) is 3.51. The fraction of sp³-hybridized carbons (Fsp3) is 0.320. The van der Waals surface area contributed by atoms with Crippen molar-refractivity contribution in [3.05, 3.63) is 77.1 Å². The molecule has 0 unspecified atom stereocenters. The van der Waals surface area contributed by atoms with Crippen LogP contribution in [0, 0.1) is 5.92 Å². The summed E-state index contributed by atoms with van der Waals surface area (Å²) >= 11 is 2.76. The first kappa shape index (κ1) is 24.0. The SMILES string of the molecule is COc1cccc(/C=c2/sc3n(c2=O)[C@@H](c2cccs2)C(C(=O)OCC(C)C)=C(C)N=3)c1OC. The summed E-state index contributed by atoms with van der Waals surface area (Å²) in [4.78, 5) is 32.8. The fourth-order valence-electron chi connectivity index (χ4n) is 3.79. The van der Waals surface area contributed by atoms with Crippen LogP contribution in [-0.2, 0) is 9.53 Å². The van der Waals surface area contributed by atoms with Gasteiger partial charge < -0.3 is 14.2 Å². The summed E-state index contributed by atoms with van der Waals surface area (Å²) in [6.07, 6.45) is 1.77. The Labute approximate surface area is 205 Å². The maximum atomic E-state index is 13.7. The van der Waals surface area contributed by atoms with Crippen molar-refractivity contribution in [1.29, 1.82) is 0 Å². The normalized spacial score (nSPS) is 15.8. The van der Waals surface area contributed by atoms with Gasteiger partial charge >= 0.3 is 5.97 Å². The van der Waals surface area contributed by atoms with E-state index in [-0.39, 0.29) is 11.5 Å². The second kappa shape index (κ2) is 9.99. The largest absolute Gasteiger partial charge is 0.493 e. The van der Waals surface area contributed by atoms with Crippen LogP contribution in [0.1, 0.15) is 37.3 Å². The number of carbonyl (C=O) groups excluding carboxylic acids is 1. The van der Waals surface area contributed by atoms with Crippen molar-refractivity contribution in [1.82, 2.24) is 4.57 Å². The number of allylic oxidation sites excluding steroid dienone is 1. The lowest BCUT2D eigenvalue weighted by molar-refractivity contribution is -0.140. The van der Waals surface area contributed by atoms with Crippen LogP contribution in [0.4, 0.5) is 0 Å². The molecule has 0 spiro atoms. The summed E-state index contributed by atoms with van der Waals surface area (Å²) < 4.78 is 18.5. The van der Waals surface area contributed by atoms with Crippen LogP contribution < -0.4 is 24.4 Å². The zero-order chi connectivity index (χ0) is 24.4. The second-order valence-corrected chi connectivity index (χ2v) is 10.2. The van der Waals surface area contributed by atoms with Crippen LogP contribution >= 0.6 is 22.7 Å². The third kappa shape index (κ3) is 4.45. The molecule has 1 aliphatic heterocycles. The van der Waals surface area contributed by atoms with Crippen molar-refractivity contribution in [3.8, 4) is 11.5 Å². The molecule has 4 rings (SSSR count). The molecule has 9 heteroatoms. The van der Waals surface area contributed by atoms with E-state index in [0.717, 1.165) is 4.88 Å². The van der Waals surface area contributed by atoms with Gasteiger partial charge in [-0.3, -0.25) is 9.36 Å². The van der Waals surface area contributed by atoms with Gasteiger partial charge in [0.05, 0.1) is 36.6 Å². The van der Waals surface area contributed by atoms with E-state index in [1.165, 1.54) is 22.7 Å². The number of rotatable bonds is 7. The molecule has 3 aromatic rings. The number of para-hydroxylation sites is 1. The van der Waals surface area contributed by atoms with E-state index in [1.807, 2.05) is 43.5 Å². The molecule has 178 valence electrons. The van der Waals surface area contributed by atoms with E-state index in [2.05, 4.69) is 4.99 Å². The Morgan fingerprint density at radius 2 is 2.00 bits per heavy atom. The van der Waals surface area contributed by atoms with Gasteiger partial charge in [-0.1, -0.05) is 43.4 Å². The highest BCUT2D eigenvalue weighted by Gasteiger charge is 2.34. The van der Waals surface area contributed by atoms with E-state index in [9.17, 15) is 9.59 Å². The average Bonchev–Trinajstić information content (AvgIpc) is 3.45. The summed E-state index contributed by atoms with van der Waals surface area (Å²) in [5.74, 6) is 0.868. The molecular formula is C25H26N2O5S2. The van der Waals surface area contributed by atoms with Gasteiger partial charge in [0.25, 0.3) is 5.56 Å². The molecule has 3 heterocycles. The number of thiophene rings is 1. The van der Waals surface area contributed by atoms with Crippen LogP contribution in [-0.4, -0.2) is 31.4 Å². The fourth-order valence-corrected chi connectivity index (χ4v) is 5.65.